The molecule has 0 atom stereocenters. The maximum atomic E-state index is 13.3. The van der Waals surface area contributed by atoms with Gasteiger partial charge < -0.3 is 20.1 Å². The molecule has 38 heavy (non-hydrogen) atoms. The molecule has 1 aliphatic rings. The zero-order valence-electron chi connectivity index (χ0n) is 22.3. The Kier molecular flexibility index (Phi) is 7.45. The minimum Gasteiger partial charge on any atom is -0.377 e. The molecule has 7 nitrogen and oxygen atoms in total. The van der Waals surface area contributed by atoms with Crippen LogP contribution in [-0.2, 0) is 6.42 Å². The average Bonchev–Trinajstić information content (AvgIpc) is 3.35. The van der Waals surface area contributed by atoms with Crippen molar-refractivity contribution in [2.45, 2.75) is 32.1 Å². The van der Waals surface area contributed by atoms with Crippen molar-refractivity contribution in [2.24, 2.45) is 0 Å². The van der Waals surface area contributed by atoms with E-state index in [-0.39, 0.29) is 17.7 Å². The van der Waals surface area contributed by atoms with Crippen LogP contribution >= 0.6 is 0 Å². The normalized spacial score (nSPS) is 14.0. The number of nitrogens with zero attached hydrogens (tertiary/aromatic N) is 3. The molecule has 0 unspecified atom stereocenters. The van der Waals surface area contributed by atoms with Gasteiger partial charge in [-0.1, -0.05) is 30.3 Å². The maximum Gasteiger partial charge on any atom is 0.255 e. The molecule has 0 radical (unpaired) electrons. The van der Waals surface area contributed by atoms with Crippen molar-refractivity contribution in [3.8, 4) is 0 Å². The number of benzene rings is 2. The predicted octanol–water partition coefficient (Wildman–Crippen LogP) is 4.93. The van der Waals surface area contributed by atoms with Crippen LogP contribution in [0.25, 0.3) is 10.9 Å². The summed E-state index contributed by atoms with van der Waals surface area (Å²) in [6, 6.07) is 19.7. The fourth-order valence-corrected chi connectivity index (χ4v) is 5.40. The molecule has 1 saturated heterocycles. The van der Waals surface area contributed by atoms with Crippen molar-refractivity contribution in [1.29, 1.82) is 0 Å². The van der Waals surface area contributed by atoms with Gasteiger partial charge in [-0.05, 0) is 62.1 Å². The number of fused-ring (bicyclic) bond motifs is 1. The Morgan fingerprint density at radius 1 is 1.00 bits per heavy atom. The Bertz CT molecular complexity index is 1450. The number of hydrogen-bond acceptors (Lipinski definition) is 4. The van der Waals surface area contributed by atoms with Gasteiger partial charge >= 0.3 is 0 Å². The van der Waals surface area contributed by atoms with Crippen LogP contribution in [0.4, 0.5) is 5.69 Å². The monoisotopic (exact) mass is 509 g/mol. The largest absolute Gasteiger partial charge is 0.377 e. The number of nitrogens with one attached hydrogen (secondary N) is 2. The molecule has 2 aromatic carbocycles. The number of aromatic amines is 1. The van der Waals surface area contributed by atoms with Crippen LogP contribution in [0, 0.1) is 6.92 Å². The maximum absolute atomic E-state index is 13.3. The lowest BCUT2D eigenvalue weighted by molar-refractivity contribution is 0.0711. The summed E-state index contributed by atoms with van der Waals surface area (Å²) in [4.78, 5) is 38.6. The zero-order valence-corrected chi connectivity index (χ0v) is 22.3. The molecule has 1 fully saturated rings. The van der Waals surface area contributed by atoms with E-state index in [2.05, 4.69) is 22.4 Å². The van der Waals surface area contributed by atoms with E-state index >= 15 is 0 Å². The van der Waals surface area contributed by atoms with Gasteiger partial charge in [-0.3, -0.25) is 14.6 Å². The third-order valence-corrected chi connectivity index (χ3v) is 7.45. The summed E-state index contributed by atoms with van der Waals surface area (Å²) in [7, 11) is 3.91. The Morgan fingerprint density at radius 3 is 2.53 bits per heavy atom. The molecule has 0 bridgehead atoms. The lowest BCUT2D eigenvalue weighted by Gasteiger charge is -2.33. The van der Waals surface area contributed by atoms with Crippen LogP contribution in [0.2, 0.25) is 0 Å². The number of amides is 2. The number of pyridine rings is 1. The van der Waals surface area contributed by atoms with Crippen molar-refractivity contribution in [1.82, 2.24) is 20.2 Å². The predicted molar refractivity (Wildman–Crippen MR) is 152 cm³/mol. The first-order valence-corrected chi connectivity index (χ1v) is 13.3. The summed E-state index contributed by atoms with van der Waals surface area (Å²) >= 11 is 0. The molecule has 1 aliphatic heterocycles. The van der Waals surface area contributed by atoms with E-state index in [1.807, 2.05) is 85.5 Å². The molecule has 3 heterocycles. The van der Waals surface area contributed by atoms with Gasteiger partial charge in [-0.25, -0.2) is 0 Å². The number of likely N-dealkylation sites (tertiary alicyclic amines) is 1. The minimum absolute atomic E-state index is 0.0557. The topological polar surface area (TPSA) is 81.3 Å². The van der Waals surface area contributed by atoms with E-state index in [1.165, 1.54) is 10.9 Å². The van der Waals surface area contributed by atoms with Gasteiger partial charge in [0.2, 0.25) is 0 Å². The van der Waals surface area contributed by atoms with Crippen LogP contribution in [-0.4, -0.2) is 60.4 Å². The highest BCUT2D eigenvalue weighted by Crippen LogP contribution is 2.31. The van der Waals surface area contributed by atoms with Gasteiger partial charge in [0.25, 0.3) is 11.8 Å². The van der Waals surface area contributed by atoms with Crippen molar-refractivity contribution >= 4 is 28.4 Å². The third-order valence-electron chi connectivity index (χ3n) is 7.45. The van der Waals surface area contributed by atoms with Gasteiger partial charge in [-0.2, -0.15) is 0 Å². The number of para-hydroxylation sites is 2. The molecule has 7 heteroatoms. The van der Waals surface area contributed by atoms with Crippen molar-refractivity contribution in [2.75, 3.05) is 38.6 Å². The molecule has 2 aromatic heterocycles. The number of carbonyl (C=O) groups is 2. The Labute approximate surface area is 223 Å². The van der Waals surface area contributed by atoms with Gasteiger partial charge in [0.15, 0.2) is 0 Å². The number of anilines is 1. The van der Waals surface area contributed by atoms with E-state index in [9.17, 15) is 9.59 Å². The molecule has 196 valence electrons. The van der Waals surface area contributed by atoms with Crippen LogP contribution in [0.1, 0.15) is 56.4 Å². The van der Waals surface area contributed by atoms with Crippen LogP contribution < -0.4 is 10.2 Å². The second-order valence-electron chi connectivity index (χ2n) is 10.2. The average molecular weight is 510 g/mol. The van der Waals surface area contributed by atoms with Crippen LogP contribution in [0.5, 0.6) is 0 Å². The fourth-order valence-electron chi connectivity index (χ4n) is 5.40. The molecular weight excluding hydrogens is 474 g/mol. The number of piperidine rings is 1. The first-order valence-electron chi connectivity index (χ1n) is 13.3. The summed E-state index contributed by atoms with van der Waals surface area (Å²) in [6.45, 7) is 3.79. The summed E-state index contributed by atoms with van der Waals surface area (Å²) < 4.78 is 0. The Hall–Kier alpha value is -4.13. The van der Waals surface area contributed by atoms with Gasteiger partial charge in [0.1, 0.15) is 0 Å². The molecule has 0 saturated carbocycles. The van der Waals surface area contributed by atoms with E-state index in [0.29, 0.717) is 25.2 Å². The molecule has 0 aliphatic carbocycles. The Balaban J connectivity index is 1.24. The molecule has 2 amide bonds. The SMILES string of the molecule is Cc1ccc(C(=O)NCCc2c[nH]c3ccccc23)c(C2CCN(C(=O)c3ccccc3N(C)C)CC2)n1. The van der Waals surface area contributed by atoms with Crippen molar-refractivity contribution in [3.05, 3.63) is 94.9 Å². The highest BCUT2D eigenvalue weighted by atomic mass is 16.2. The van der Waals surface area contributed by atoms with Gasteiger partial charge in [0.05, 0.1) is 16.8 Å². The van der Waals surface area contributed by atoms with E-state index in [1.54, 1.807) is 0 Å². The van der Waals surface area contributed by atoms with Crippen LogP contribution in [0.15, 0.2) is 66.9 Å². The van der Waals surface area contributed by atoms with E-state index in [0.717, 1.165) is 47.4 Å². The van der Waals surface area contributed by atoms with Gasteiger partial charge in [0, 0.05) is 68.1 Å². The summed E-state index contributed by atoms with van der Waals surface area (Å²) in [5.74, 6) is 0.100. The second kappa shape index (κ2) is 11.1. The summed E-state index contributed by atoms with van der Waals surface area (Å²) in [6.07, 6.45) is 4.32. The van der Waals surface area contributed by atoms with E-state index in [4.69, 9.17) is 4.98 Å². The second-order valence-corrected chi connectivity index (χ2v) is 10.2. The number of hydrogen-bond donors (Lipinski definition) is 2. The summed E-state index contributed by atoms with van der Waals surface area (Å²) in [5, 5.41) is 4.29. The van der Waals surface area contributed by atoms with E-state index < -0.39 is 0 Å². The van der Waals surface area contributed by atoms with Gasteiger partial charge in [-0.15, -0.1) is 0 Å². The molecule has 2 N–H and O–H groups in total. The van der Waals surface area contributed by atoms with Crippen molar-refractivity contribution in [3.63, 3.8) is 0 Å². The summed E-state index contributed by atoms with van der Waals surface area (Å²) in [5.41, 5.74) is 6.32. The quantitative estimate of drug-likeness (QED) is 0.370. The highest BCUT2D eigenvalue weighted by molar-refractivity contribution is 6.00. The molecule has 4 aromatic rings. The fraction of sp³-hybridized carbons (Fsp3) is 0.323. The number of carbonyl (C=O) groups excluding carboxylic acids is 2. The molecular formula is C31H35N5O2. The van der Waals surface area contributed by atoms with Crippen LogP contribution in [0.3, 0.4) is 0 Å². The molecule has 0 spiro atoms. The number of rotatable bonds is 7. The number of aryl methyl sites for hydroxylation is 1. The lowest BCUT2D eigenvalue weighted by Crippen LogP contribution is -2.39. The number of aromatic nitrogens is 2. The standard InChI is InChI=1S/C31H35N5O2/c1-21-12-13-26(30(37)32-17-14-23-20-33-27-10-6-4-8-24(23)27)29(34-21)22-15-18-36(19-16-22)31(38)25-9-5-7-11-28(25)35(2)3/h4-13,20,22,33H,14-19H2,1-3H3,(H,32,37). The van der Waals surface area contributed by atoms with Crippen molar-refractivity contribution < 1.29 is 9.59 Å². The minimum atomic E-state index is -0.0919. The zero-order chi connectivity index (χ0) is 26.6. The Morgan fingerprint density at radius 2 is 1.74 bits per heavy atom. The number of H-pyrrole nitrogens is 1. The first kappa shape index (κ1) is 25.5. The highest BCUT2D eigenvalue weighted by Gasteiger charge is 2.29. The lowest BCUT2D eigenvalue weighted by atomic mass is 9.89. The molecule has 5 rings (SSSR count). The third kappa shape index (κ3) is 5.28. The first-order chi connectivity index (χ1) is 18.4. The smallest absolute Gasteiger partial charge is 0.255 e.